The van der Waals surface area contributed by atoms with Gasteiger partial charge in [-0.2, -0.15) is 0 Å². The van der Waals surface area contributed by atoms with Crippen molar-refractivity contribution in [2.45, 2.75) is 13.0 Å². The minimum absolute atomic E-state index is 0.169. The van der Waals surface area contributed by atoms with Gasteiger partial charge in [-0.15, -0.1) is 0 Å². The van der Waals surface area contributed by atoms with Gasteiger partial charge in [0.1, 0.15) is 5.82 Å². The maximum Gasteiger partial charge on any atom is 0.123 e. The molecule has 0 unspecified atom stereocenters. The number of halogens is 1. The highest BCUT2D eigenvalue weighted by Crippen LogP contribution is 2.32. The van der Waals surface area contributed by atoms with Crippen LogP contribution >= 0.6 is 0 Å². The summed E-state index contributed by atoms with van der Waals surface area (Å²) < 4.78 is 19.2. The van der Waals surface area contributed by atoms with Gasteiger partial charge in [0.15, 0.2) is 0 Å². The third kappa shape index (κ3) is 3.01. The lowest BCUT2D eigenvalue weighted by Crippen LogP contribution is -2.36. The zero-order chi connectivity index (χ0) is 20.1. The van der Waals surface area contributed by atoms with Crippen LogP contribution in [0.5, 0.6) is 0 Å². The van der Waals surface area contributed by atoms with E-state index in [2.05, 4.69) is 51.2 Å². The molecule has 2 aliphatic heterocycles. The highest BCUT2D eigenvalue weighted by atomic mass is 19.1. The normalized spacial score (nSPS) is 17.0. The highest BCUT2D eigenvalue weighted by molar-refractivity contribution is 5.89. The molecule has 0 radical (unpaired) electrons. The van der Waals surface area contributed by atoms with Crippen molar-refractivity contribution in [3.8, 4) is 0 Å². The lowest BCUT2D eigenvalue weighted by Gasteiger charge is -2.30. The number of nitrogens with zero attached hydrogens (tertiary/aromatic N) is 2. The van der Waals surface area contributed by atoms with E-state index in [9.17, 15) is 4.39 Å². The van der Waals surface area contributed by atoms with E-state index in [0.29, 0.717) is 0 Å². The van der Waals surface area contributed by atoms with Crippen LogP contribution in [0.15, 0.2) is 54.6 Å². The molecule has 2 aliphatic rings. The molecule has 6 rings (SSSR count). The minimum Gasteiger partial charge on any atom is -0.378 e. The lowest BCUT2D eigenvalue weighted by molar-refractivity contribution is 0.122. The monoisotopic (exact) mass is 401 g/mol. The van der Waals surface area contributed by atoms with Crippen LogP contribution in [0, 0.1) is 5.82 Å². The van der Waals surface area contributed by atoms with Gasteiger partial charge in [-0.25, -0.2) is 4.39 Å². The van der Waals surface area contributed by atoms with Crippen molar-refractivity contribution < 1.29 is 9.13 Å². The molecule has 0 aliphatic carbocycles. The number of morpholine rings is 1. The molecule has 0 amide bonds. The Kier molecular flexibility index (Phi) is 4.16. The first-order chi connectivity index (χ1) is 14.7. The molecule has 1 N–H and O–H groups in total. The Balaban J connectivity index is 1.29. The Morgan fingerprint density at radius 3 is 2.30 bits per heavy atom. The largest absolute Gasteiger partial charge is 0.378 e. The number of benzene rings is 3. The van der Waals surface area contributed by atoms with Gasteiger partial charge in [0.2, 0.25) is 0 Å². The molecule has 152 valence electrons. The third-order valence-corrected chi connectivity index (χ3v) is 6.49. The van der Waals surface area contributed by atoms with E-state index in [1.807, 2.05) is 6.07 Å². The molecule has 3 heterocycles. The summed E-state index contributed by atoms with van der Waals surface area (Å²) >= 11 is 0. The van der Waals surface area contributed by atoms with E-state index < -0.39 is 0 Å². The smallest absolute Gasteiger partial charge is 0.123 e. The standard InChI is InChI=1S/C25H24FN3O/c26-19-3-6-24-23(15-19)22-7-8-29(16-25(22)27-24)21-5-2-17-13-20(4-1-18(17)14-21)28-9-11-30-12-10-28/h1-6,13-15,27H,7-12,16H2. The van der Waals surface area contributed by atoms with E-state index in [1.54, 1.807) is 6.07 Å². The molecular weight excluding hydrogens is 377 g/mol. The van der Waals surface area contributed by atoms with Gasteiger partial charge < -0.3 is 19.5 Å². The van der Waals surface area contributed by atoms with Gasteiger partial charge in [0.05, 0.1) is 19.8 Å². The van der Waals surface area contributed by atoms with Crippen LogP contribution in [0.3, 0.4) is 0 Å². The number of nitrogens with one attached hydrogen (secondary N) is 1. The summed E-state index contributed by atoms with van der Waals surface area (Å²) in [4.78, 5) is 8.30. The predicted octanol–water partition coefficient (Wildman–Crippen LogP) is 4.86. The van der Waals surface area contributed by atoms with Crippen molar-refractivity contribution in [3.63, 3.8) is 0 Å². The van der Waals surface area contributed by atoms with E-state index >= 15 is 0 Å². The number of aromatic amines is 1. The van der Waals surface area contributed by atoms with Crippen LogP contribution in [-0.2, 0) is 17.7 Å². The van der Waals surface area contributed by atoms with E-state index in [-0.39, 0.29) is 5.82 Å². The molecule has 0 bridgehead atoms. The average Bonchev–Trinajstić information content (AvgIpc) is 3.16. The number of aromatic nitrogens is 1. The van der Waals surface area contributed by atoms with Crippen LogP contribution in [0.2, 0.25) is 0 Å². The minimum atomic E-state index is -0.169. The molecule has 1 saturated heterocycles. The molecule has 3 aromatic carbocycles. The Bertz CT molecular complexity index is 1240. The number of rotatable bonds is 2. The van der Waals surface area contributed by atoms with Gasteiger partial charge in [-0.1, -0.05) is 12.1 Å². The Labute approximate surface area is 174 Å². The van der Waals surface area contributed by atoms with Crippen molar-refractivity contribution >= 4 is 33.1 Å². The SMILES string of the molecule is Fc1ccc2[nH]c3c(c2c1)CCN(c1ccc2cc(N4CCOCC4)ccc2c1)C3. The molecule has 4 nitrogen and oxygen atoms in total. The number of fused-ring (bicyclic) bond motifs is 4. The van der Waals surface area contributed by atoms with Crippen LogP contribution in [-0.4, -0.2) is 37.8 Å². The zero-order valence-electron chi connectivity index (χ0n) is 16.8. The zero-order valence-corrected chi connectivity index (χ0v) is 16.8. The fraction of sp³-hybridized carbons (Fsp3) is 0.280. The Morgan fingerprint density at radius 2 is 1.53 bits per heavy atom. The Hall–Kier alpha value is -3.05. The molecule has 4 aromatic rings. The van der Waals surface area contributed by atoms with E-state index in [1.165, 1.54) is 39.5 Å². The fourth-order valence-electron chi connectivity index (χ4n) is 4.87. The van der Waals surface area contributed by atoms with Crippen LogP contribution in [0.4, 0.5) is 15.8 Å². The molecule has 0 spiro atoms. The Morgan fingerprint density at radius 1 is 0.800 bits per heavy atom. The van der Waals surface area contributed by atoms with Crippen LogP contribution in [0.1, 0.15) is 11.3 Å². The molecule has 1 aromatic heterocycles. The number of hydrogen-bond acceptors (Lipinski definition) is 3. The summed E-state index contributed by atoms with van der Waals surface area (Å²) in [5.74, 6) is -0.169. The number of ether oxygens (including phenoxy) is 1. The summed E-state index contributed by atoms with van der Waals surface area (Å²) in [7, 11) is 0. The quantitative estimate of drug-likeness (QED) is 0.521. The predicted molar refractivity (Wildman–Crippen MR) is 120 cm³/mol. The van der Waals surface area contributed by atoms with Gasteiger partial charge in [0.25, 0.3) is 0 Å². The van der Waals surface area contributed by atoms with Gasteiger partial charge in [-0.05, 0) is 65.2 Å². The van der Waals surface area contributed by atoms with Crippen LogP contribution < -0.4 is 9.80 Å². The second kappa shape index (κ2) is 7.03. The van der Waals surface area contributed by atoms with Crippen molar-refractivity contribution in [1.82, 2.24) is 4.98 Å². The highest BCUT2D eigenvalue weighted by Gasteiger charge is 2.21. The summed E-state index contributed by atoms with van der Waals surface area (Å²) in [6.45, 7) is 5.27. The first-order valence-electron chi connectivity index (χ1n) is 10.6. The topological polar surface area (TPSA) is 31.5 Å². The van der Waals surface area contributed by atoms with E-state index in [4.69, 9.17) is 4.74 Å². The summed E-state index contributed by atoms with van der Waals surface area (Å²) in [5, 5.41) is 3.55. The molecule has 0 saturated carbocycles. The number of anilines is 2. The molecule has 0 atom stereocenters. The third-order valence-electron chi connectivity index (χ3n) is 6.49. The second-order valence-corrected chi connectivity index (χ2v) is 8.26. The number of hydrogen-bond donors (Lipinski definition) is 1. The number of H-pyrrole nitrogens is 1. The van der Waals surface area contributed by atoms with Crippen molar-refractivity contribution in [3.05, 3.63) is 71.7 Å². The first-order valence-corrected chi connectivity index (χ1v) is 10.6. The summed E-state index contributed by atoms with van der Waals surface area (Å²) in [6, 6.07) is 18.5. The average molecular weight is 401 g/mol. The molecule has 5 heteroatoms. The van der Waals surface area contributed by atoms with Gasteiger partial charge >= 0.3 is 0 Å². The molecular formula is C25H24FN3O. The molecule has 1 fully saturated rings. The maximum absolute atomic E-state index is 13.7. The van der Waals surface area contributed by atoms with Gasteiger partial charge in [-0.3, -0.25) is 0 Å². The van der Waals surface area contributed by atoms with Gasteiger partial charge in [0, 0.05) is 47.6 Å². The van der Waals surface area contributed by atoms with Crippen molar-refractivity contribution in [1.29, 1.82) is 0 Å². The summed E-state index contributed by atoms with van der Waals surface area (Å²) in [6.07, 6.45) is 0.923. The van der Waals surface area contributed by atoms with Crippen molar-refractivity contribution in [2.24, 2.45) is 0 Å². The second-order valence-electron chi connectivity index (χ2n) is 8.26. The summed E-state index contributed by atoms with van der Waals surface area (Å²) in [5.41, 5.74) is 5.99. The first kappa shape index (κ1) is 17.8. The van der Waals surface area contributed by atoms with Crippen LogP contribution in [0.25, 0.3) is 21.7 Å². The lowest BCUT2D eigenvalue weighted by atomic mass is 10.0. The maximum atomic E-state index is 13.7. The molecule has 30 heavy (non-hydrogen) atoms. The van der Waals surface area contributed by atoms with E-state index in [0.717, 1.165) is 56.7 Å². The van der Waals surface area contributed by atoms with Crippen molar-refractivity contribution in [2.75, 3.05) is 42.6 Å². The fourth-order valence-corrected chi connectivity index (χ4v) is 4.87.